The molecule has 7 nitrogen and oxygen atoms in total. The third-order valence-electron chi connectivity index (χ3n) is 3.82. The number of benzene rings is 1. The van der Waals surface area contributed by atoms with Crippen LogP contribution >= 0.6 is 0 Å². The first-order chi connectivity index (χ1) is 12.5. The standard InChI is InChI=1S/C19H21N3O4/c1-12(2)7-21-18(23)14-6-15(10-20-9-14)19(24)22-8-13-3-4-16-17(5-13)26-11-25-16/h3-6,9-10,12H,7-8,11H2,1-2H3,(H,21,23)(H,22,24). The molecule has 26 heavy (non-hydrogen) atoms. The van der Waals surface area contributed by atoms with E-state index in [2.05, 4.69) is 15.6 Å². The first-order valence-electron chi connectivity index (χ1n) is 8.43. The Bertz CT molecular complexity index is 820. The SMILES string of the molecule is CC(C)CNC(=O)c1cncc(C(=O)NCc2ccc3c(c2)OCO3)c1. The van der Waals surface area contributed by atoms with E-state index < -0.39 is 0 Å². The molecule has 1 aliphatic heterocycles. The van der Waals surface area contributed by atoms with Crippen molar-refractivity contribution < 1.29 is 19.1 Å². The Kier molecular flexibility index (Phi) is 5.36. The van der Waals surface area contributed by atoms with Crippen LogP contribution in [-0.4, -0.2) is 30.1 Å². The van der Waals surface area contributed by atoms with Gasteiger partial charge in [-0.3, -0.25) is 14.6 Å². The van der Waals surface area contributed by atoms with Gasteiger partial charge in [0.15, 0.2) is 11.5 Å². The second kappa shape index (κ2) is 7.86. The molecule has 1 aromatic carbocycles. The van der Waals surface area contributed by atoms with Crippen molar-refractivity contribution in [3.63, 3.8) is 0 Å². The van der Waals surface area contributed by atoms with Crippen molar-refractivity contribution in [3.05, 3.63) is 53.3 Å². The highest BCUT2D eigenvalue weighted by molar-refractivity contribution is 5.99. The van der Waals surface area contributed by atoms with E-state index in [1.165, 1.54) is 18.5 Å². The lowest BCUT2D eigenvalue weighted by Gasteiger charge is -2.09. The Hall–Kier alpha value is -3.09. The van der Waals surface area contributed by atoms with Gasteiger partial charge in [0, 0.05) is 25.5 Å². The number of amides is 2. The maximum absolute atomic E-state index is 12.4. The number of ether oxygens (including phenoxy) is 2. The van der Waals surface area contributed by atoms with Gasteiger partial charge in [-0.1, -0.05) is 19.9 Å². The molecule has 0 fully saturated rings. The van der Waals surface area contributed by atoms with Crippen molar-refractivity contribution in [1.82, 2.24) is 15.6 Å². The summed E-state index contributed by atoms with van der Waals surface area (Å²) < 4.78 is 10.6. The van der Waals surface area contributed by atoms with Gasteiger partial charge in [0.05, 0.1) is 11.1 Å². The van der Waals surface area contributed by atoms with Crippen LogP contribution in [0.15, 0.2) is 36.7 Å². The molecule has 0 atom stereocenters. The number of rotatable bonds is 6. The lowest BCUT2D eigenvalue weighted by Crippen LogP contribution is -2.28. The highest BCUT2D eigenvalue weighted by Gasteiger charge is 2.14. The van der Waals surface area contributed by atoms with E-state index in [1.54, 1.807) is 0 Å². The van der Waals surface area contributed by atoms with E-state index in [1.807, 2.05) is 32.0 Å². The zero-order valence-electron chi connectivity index (χ0n) is 14.7. The lowest BCUT2D eigenvalue weighted by atomic mass is 10.1. The molecule has 7 heteroatoms. The van der Waals surface area contributed by atoms with Crippen molar-refractivity contribution in [2.45, 2.75) is 20.4 Å². The van der Waals surface area contributed by atoms with E-state index in [4.69, 9.17) is 9.47 Å². The smallest absolute Gasteiger partial charge is 0.253 e. The molecule has 0 unspecified atom stereocenters. The highest BCUT2D eigenvalue weighted by atomic mass is 16.7. The number of aromatic nitrogens is 1. The Morgan fingerprint density at radius 2 is 1.73 bits per heavy atom. The first kappa shape index (κ1) is 17.7. The number of pyridine rings is 1. The fraction of sp³-hybridized carbons (Fsp3) is 0.316. The summed E-state index contributed by atoms with van der Waals surface area (Å²) in [5.41, 5.74) is 1.59. The average molecular weight is 355 g/mol. The molecule has 0 bridgehead atoms. The van der Waals surface area contributed by atoms with Crippen LogP contribution < -0.4 is 20.1 Å². The quantitative estimate of drug-likeness (QED) is 0.828. The molecule has 1 aromatic heterocycles. The zero-order chi connectivity index (χ0) is 18.5. The molecule has 0 radical (unpaired) electrons. The largest absolute Gasteiger partial charge is 0.454 e. The van der Waals surface area contributed by atoms with Crippen LogP contribution in [0.3, 0.4) is 0 Å². The topological polar surface area (TPSA) is 89.6 Å². The van der Waals surface area contributed by atoms with Crippen molar-refractivity contribution in [2.75, 3.05) is 13.3 Å². The van der Waals surface area contributed by atoms with Gasteiger partial charge in [-0.15, -0.1) is 0 Å². The second-order valence-corrected chi connectivity index (χ2v) is 6.44. The molecule has 0 spiro atoms. The number of carbonyl (C=O) groups excluding carboxylic acids is 2. The summed E-state index contributed by atoms with van der Waals surface area (Å²) in [6, 6.07) is 7.04. The predicted molar refractivity (Wildman–Crippen MR) is 95.1 cm³/mol. The van der Waals surface area contributed by atoms with Gasteiger partial charge in [0.25, 0.3) is 11.8 Å². The normalized spacial score (nSPS) is 12.1. The fourth-order valence-corrected chi connectivity index (χ4v) is 2.42. The number of hydrogen-bond acceptors (Lipinski definition) is 5. The maximum atomic E-state index is 12.4. The van der Waals surface area contributed by atoms with Crippen LogP contribution in [0.25, 0.3) is 0 Å². The van der Waals surface area contributed by atoms with Crippen LogP contribution in [-0.2, 0) is 6.54 Å². The third-order valence-corrected chi connectivity index (χ3v) is 3.82. The second-order valence-electron chi connectivity index (χ2n) is 6.44. The van der Waals surface area contributed by atoms with Gasteiger partial charge in [-0.2, -0.15) is 0 Å². The summed E-state index contributed by atoms with van der Waals surface area (Å²) in [5.74, 6) is 1.18. The van der Waals surface area contributed by atoms with Crippen molar-refractivity contribution >= 4 is 11.8 Å². The fourth-order valence-electron chi connectivity index (χ4n) is 2.42. The Balaban J connectivity index is 1.61. The predicted octanol–water partition coefficient (Wildman–Crippen LogP) is 2.13. The number of nitrogens with one attached hydrogen (secondary N) is 2. The van der Waals surface area contributed by atoms with Gasteiger partial charge in [0.1, 0.15) is 0 Å². The molecule has 3 rings (SSSR count). The Labute approximate surface area is 151 Å². The van der Waals surface area contributed by atoms with E-state index in [9.17, 15) is 9.59 Å². The van der Waals surface area contributed by atoms with Crippen LogP contribution in [0, 0.1) is 5.92 Å². The molecule has 2 heterocycles. The molecule has 0 aliphatic carbocycles. The molecule has 2 amide bonds. The number of nitrogens with zero attached hydrogens (tertiary/aromatic N) is 1. The minimum Gasteiger partial charge on any atom is -0.454 e. The molecule has 136 valence electrons. The highest BCUT2D eigenvalue weighted by Crippen LogP contribution is 2.32. The van der Waals surface area contributed by atoms with Gasteiger partial charge >= 0.3 is 0 Å². The van der Waals surface area contributed by atoms with Crippen LogP contribution in [0.1, 0.15) is 40.1 Å². The molecule has 2 aromatic rings. The molecule has 2 N–H and O–H groups in total. The first-order valence-corrected chi connectivity index (χ1v) is 8.43. The van der Waals surface area contributed by atoms with Crippen molar-refractivity contribution in [2.24, 2.45) is 5.92 Å². The van der Waals surface area contributed by atoms with E-state index in [0.717, 1.165) is 5.56 Å². The molecular weight excluding hydrogens is 334 g/mol. The summed E-state index contributed by atoms with van der Waals surface area (Å²) in [6.07, 6.45) is 2.89. The molecule has 0 saturated heterocycles. The van der Waals surface area contributed by atoms with Crippen molar-refractivity contribution in [3.8, 4) is 11.5 Å². The summed E-state index contributed by atoms with van der Waals surface area (Å²) >= 11 is 0. The van der Waals surface area contributed by atoms with E-state index in [-0.39, 0.29) is 18.6 Å². The number of fused-ring (bicyclic) bond motifs is 1. The van der Waals surface area contributed by atoms with Crippen LogP contribution in [0.4, 0.5) is 0 Å². The summed E-state index contributed by atoms with van der Waals surface area (Å²) in [5, 5.41) is 5.63. The molecule has 1 aliphatic rings. The lowest BCUT2D eigenvalue weighted by molar-refractivity contribution is 0.0948. The maximum Gasteiger partial charge on any atom is 0.253 e. The summed E-state index contributed by atoms with van der Waals surface area (Å²) in [6.45, 7) is 5.14. The minimum absolute atomic E-state index is 0.211. The van der Waals surface area contributed by atoms with Crippen molar-refractivity contribution in [1.29, 1.82) is 0 Å². The Morgan fingerprint density at radius 1 is 1.04 bits per heavy atom. The number of hydrogen-bond donors (Lipinski definition) is 2. The van der Waals surface area contributed by atoms with Crippen LogP contribution in [0.5, 0.6) is 11.5 Å². The van der Waals surface area contributed by atoms with Gasteiger partial charge in [0.2, 0.25) is 6.79 Å². The molecular formula is C19H21N3O4. The van der Waals surface area contributed by atoms with Gasteiger partial charge in [-0.25, -0.2) is 0 Å². The summed E-state index contributed by atoms with van der Waals surface area (Å²) in [7, 11) is 0. The van der Waals surface area contributed by atoms with Gasteiger partial charge in [-0.05, 0) is 29.7 Å². The monoisotopic (exact) mass is 355 g/mol. The van der Waals surface area contributed by atoms with E-state index in [0.29, 0.717) is 41.6 Å². The number of carbonyl (C=O) groups is 2. The van der Waals surface area contributed by atoms with Gasteiger partial charge < -0.3 is 20.1 Å². The van der Waals surface area contributed by atoms with Crippen LogP contribution in [0.2, 0.25) is 0 Å². The average Bonchev–Trinajstić information content (AvgIpc) is 3.12. The Morgan fingerprint density at radius 3 is 2.46 bits per heavy atom. The summed E-state index contributed by atoms with van der Waals surface area (Å²) in [4.78, 5) is 28.5. The molecule has 0 saturated carbocycles. The van der Waals surface area contributed by atoms with E-state index >= 15 is 0 Å². The minimum atomic E-state index is -0.298. The third kappa shape index (κ3) is 4.30. The zero-order valence-corrected chi connectivity index (χ0v) is 14.7.